The predicted molar refractivity (Wildman–Crippen MR) is 85.6 cm³/mol. The minimum absolute atomic E-state index is 0.287. The van der Waals surface area contributed by atoms with Gasteiger partial charge in [0.25, 0.3) is 0 Å². The maximum absolute atomic E-state index is 6.22. The summed E-state index contributed by atoms with van der Waals surface area (Å²) in [5, 5.41) is 4.06. The van der Waals surface area contributed by atoms with E-state index in [1.165, 1.54) is 0 Å². The largest absolute Gasteiger partial charge is 0.383 e. The molecular formula is C15H26ClN3O. The highest BCUT2D eigenvalue weighted by atomic mass is 35.5. The van der Waals surface area contributed by atoms with Crippen molar-refractivity contribution in [2.45, 2.75) is 39.8 Å². The molecule has 0 spiro atoms. The Morgan fingerprint density at radius 1 is 1.40 bits per heavy atom. The molecule has 0 saturated heterocycles. The molecule has 1 N–H and O–H groups in total. The van der Waals surface area contributed by atoms with Gasteiger partial charge in [-0.3, -0.25) is 0 Å². The van der Waals surface area contributed by atoms with Crippen LogP contribution in [0.15, 0.2) is 12.1 Å². The minimum Gasteiger partial charge on any atom is -0.383 e. The summed E-state index contributed by atoms with van der Waals surface area (Å²) in [4.78, 5) is 6.92. The summed E-state index contributed by atoms with van der Waals surface area (Å²) in [7, 11) is 1.72. The standard InChI is InChI=1S/C15H26ClN3O/c1-5-9-17-10-14-13(16)7-8-15(18-14)19(6-2)12(3)11-20-4/h7-8,12,17H,5-6,9-11H2,1-4H3. The smallest absolute Gasteiger partial charge is 0.129 e. The summed E-state index contributed by atoms with van der Waals surface area (Å²) in [5.41, 5.74) is 0.903. The molecule has 114 valence electrons. The molecule has 20 heavy (non-hydrogen) atoms. The quantitative estimate of drug-likeness (QED) is 0.711. The van der Waals surface area contributed by atoms with Crippen LogP contribution >= 0.6 is 11.6 Å². The van der Waals surface area contributed by atoms with Crippen LogP contribution in [-0.2, 0) is 11.3 Å². The van der Waals surface area contributed by atoms with Gasteiger partial charge in [-0.15, -0.1) is 0 Å². The highest BCUT2D eigenvalue weighted by Gasteiger charge is 2.15. The van der Waals surface area contributed by atoms with E-state index in [-0.39, 0.29) is 6.04 Å². The van der Waals surface area contributed by atoms with Gasteiger partial charge < -0.3 is 15.0 Å². The van der Waals surface area contributed by atoms with Crippen LogP contribution in [-0.4, -0.2) is 37.8 Å². The van der Waals surface area contributed by atoms with Gasteiger partial charge in [0, 0.05) is 20.2 Å². The van der Waals surface area contributed by atoms with Crippen LogP contribution in [0.2, 0.25) is 5.02 Å². The van der Waals surface area contributed by atoms with Gasteiger partial charge in [0.15, 0.2) is 0 Å². The maximum Gasteiger partial charge on any atom is 0.129 e. The van der Waals surface area contributed by atoms with Crippen LogP contribution in [0.4, 0.5) is 5.82 Å². The van der Waals surface area contributed by atoms with E-state index >= 15 is 0 Å². The summed E-state index contributed by atoms with van der Waals surface area (Å²) >= 11 is 6.22. The number of pyridine rings is 1. The number of aromatic nitrogens is 1. The van der Waals surface area contributed by atoms with Crippen LogP contribution in [0, 0.1) is 0 Å². The molecule has 0 aliphatic heterocycles. The van der Waals surface area contributed by atoms with E-state index in [1.807, 2.05) is 12.1 Å². The average Bonchev–Trinajstić information content (AvgIpc) is 2.43. The van der Waals surface area contributed by atoms with Gasteiger partial charge in [0.2, 0.25) is 0 Å². The van der Waals surface area contributed by atoms with E-state index in [2.05, 4.69) is 31.0 Å². The molecule has 1 rings (SSSR count). The number of nitrogens with one attached hydrogen (secondary N) is 1. The molecule has 0 aromatic carbocycles. The van der Waals surface area contributed by atoms with E-state index in [9.17, 15) is 0 Å². The van der Waals surface area contributed by atoms with Crippen molar-refractivity contribution in [1.29, 1.82) is 0 Å². The highest BCUT2D eigenvalue weighted by Crippen LogP contribution is 2.21. The lowest BCUT2D eigenvalue weighted by Gasteiger charge is -2.29. The molecule has 0 saturated carbocycles. The molecule has 1 aromatic heterocycles. The number of likely N-dealkylation sites (N-methyl/N-ethyl adjacent to an activating group) is 1. The van der Waals surface area contributed by atoms with Crippen molar-refractivity contribution in [2.75, 3.05) is 31.7 Å². The van der Waals surface area contributed by atoms with Gasteiger partial charge in [0.05, 0.1) is 23.4 Å². The second-order valence-electron chi connectivity index (χ2n) is 4.87. The maximum atomic E-state index is 6.22. The van der Waals surface area contributed by atoms with Crippen molar-refractivity contribution in [2.24, 2.45) is 0 Å². The predicted octanol–water partition coefficient (Wildman–Crippen LogP) is 3.10. The summed E-state index contributed by atoms with van der Waals surface area (Å²) < 4.78 is 5.23. The average molecular weight is 300 g/mol. The van der Waals surface area contributed by atoms with Gasteiger partial charge in [-0.1, -0.05) is 18.5 Å². The molecular weight excluding hydrogens is 274 g/mol. The van der Waals surface area contributed by atoms with Crippen molar-refractivity contribution in [3.8, 4) is 0 Å². The van der Waals surface area contributed by atoms with Crippen molar-refractivity contribution in [1.82, 2.24) is 10.3 Å². The van der Waals surface area contributed by atoms with Crippen molar-refractivity contribution >= 4 is 17.4 Å². The van der Waals surface area contributed by atoms with E-state index in [0.29, 0.717) is 18.2 Å². The first-order valence-corrected chi connectivity index (χ1v) is 7.63. The lowest BCUT2D eigenvalue weighted by molar-refractivity contribution is 0.181. The molecule has 0 fully saturated rings. The number of methoxy groups -OCH3 is 1. The number of hydrogen-bond donors (Lipinski definition) is 1. The van der Waals surface area contributed by atoms with Crippen LogP contribution in [0.25, 0.3) is 0 Å². The van der Waals surface area contributed by atoms with Gasteiger partial charge >= 0.3 is 0 Å². The molecule has 1 unspecified atom stereocenters. The van der Waals surface area contributed by atoms with Gasteiger partial charge in [-0.05, 0) is 38.9 Å². The minimum atomic E-state index is 0.287. The summed E-state index contributed by atoms with van der Waals surface area (Å²) in [6.45, 7) is 9.65. The molecule has 1 aromatic rings. The Kier molecular flexibility index (Phi) is 7.88. The monoisotopic (exact) mass is 299 g/mol. The summed E-state index contributed by atoms with van der Waals surface area (Å²) in [5.74, 6) is 0.953. The first-order chi connectivity index (χ1) is 9.63. The SMILES string of the molecule is CCCNCc1nc(N(CC)C(C)COC)ccc1Cl. The van der Waals surface area contributed by atoms with Gasteiger partial charge in [0.1, 0.15) is 5.82 Å². The Bertz CT molecular complexity index is 401. The van der Waals surface area contributed by atoms with Crippen molar-refractivity contribution in [3.63, 3.8) is 0 Å². The first kappa shape index (κ1) is 17.2. The number of hydrogen-bond acceptors (Lipinski definition) is 4. The number of rotatable bonds is 9. The Hall–Kier alpha value is -0.840. The number of anilines is 1. The summed E-state index contributed by atoms with van der Waals surface area (Å²) in [6.07, 6.45) is 1.10. The van der Waals surface area contributed by atoms with Gasteiger partial charge in [-0.25, -0.2) is 4.98 Å². The first-order valence-electron chi connectivity index (χ1n) is 7.25. The van der Waals surface area contributed by atoms with Crippen LogP contribution in [0.3, 0.4) is 0 Å². The number of ether oxygens (including phenoxy) is 1. The number of nitrogens with zero attached hydrogens (tertiary/aromatic N) is 2. The fourth-order valence-electron chi connectivity index (χ4n) is 2.17. The zero-order valence-electron chi connectivity index (χ0n) is 12.9. The van der Waals surface area contributed by atoms with Crippen molar-refractivity contribution < 1.29 is 4.74 Å². The van der Waals surface area contributed by atoms with Crippen LogP contribution in [0.1, 0.15) is 32.9 Å². The second-order valence-corrected chi connectivity index (χ2v) is 5.27. The lowest BCUT2D eigenvalue weighted by atomic mass is 10.2. The normalized spacial score (nSPS) is 12.4. The Labute approximate surface area is 127 Å². The molecule has 0 bridgehead atoms. The highest BCUT2D eigenvalue weighted by molar-refractivity contribution is 6.31. The third-order valence-corrected chi connectivity index (χ3v) is 3.54. The lowest BCUT2D eigenvalue weighted by Crippen LogP contribution is -2.37. The molecule has 1 heterocycles. The molecule has 0 radical (unpaired) electrons. The third-order valence-electron chi connectivity index (χ3n) is 3.20. The molecule has 0 aliphatic rings. The fraction of sp³-hybridized carbons (Fsp3) is 0.667. The van der Waals surface area contributed by atoms with Gasteiger partial charge in [-0.2, -0.15) is 0 Å². The van der Waals surface area contributed by atoms with E-state index in [1.54, 1.807) is 7.11 Å². The molecule has 1 atom stereocenters. The Morgan fingerprint density at radius 3 is 2.75 bits per heavy atom. The molecule has 0 amide bonds. The molecule has 5 heteroatoms. The third kappa shape index (κ3) is 4.93. The van der Waals surface area contributed by atoms with Crippen molar-refractivity contribution in [3.05, 3.63) is 22.8 Å². The second kappa shape index (κ2) is 9.16. The molecule has 4 nitrogen and oxygen atoms in total. The summed E-state index contributed by atoms with van der Waals surface area (Å²) in [6, 6.07) is 4.19. The zero-order chi connectivity index (χ0) is 15.0. The molecule has 0 aliphatic carbocycles. The Morgan fingerprint density at radius 2 is 2.15 bits per heavy atom. The fourth-order valence-corrected chi connectivity index (χ4v) is 2.34. The Balaban J connectivity index is 2.85. The van der Waals surface area contributed by atoms with Crippen LogP contribution < -0.4 is 10.2 Å². The van der Waals surface area contributed by atoms with E-state index in [4.69, 9.17) is 21.3 Å². The van der Waals surface area contributed by atoms with Crippen LogP contribution in [0.5, 0.6) is 0 Å². The topological polar surface area (TPSA) is 37.4 Å². The zero-order valence-corrected chi connectivity index (χ0v) is 13.7. The van der Waals surface area contributed by atoms with E-state index in [0.717, 1.165) is 31.0 Å². The van der Waals surface area contributed by atoms with E-state index < -0.39 is 0 Å². The number of halogens is 1.